The molecule has 0 unspecified atom stereocenters. The standard InChI is InChI=1S/C18H16ClN5O4/c19-18-22-14(13-15(23-18)24(8-20-13)12-3-1-2-4-12)21-11-6-9(16(25)26)5-10(7-11)17(27)28/h5-8,12H,1-4H2,(H,25,26)(H,27,28)(H,21,22,23). The average Bonchev–Trinajstić information content (AvgIpc) is 3.30. The largest absolute Gasteiger partial charge is 0.478 e. The molecule has 1 aliphatic rings. The number of carbonyl (C=O) groups is 2. The third-order valence-electron chi connectivity index (χ3n) is 4.80. The molecule has 0 saturated heterocycles. The van der Waals surface area contributed by atoms with Gasteiger partial charge in [0, 0.05) is 11.7 Å². The molecule has 4 rings (SSSR count). The van der Waals surface area contributed by atoms with Crippen molar-refractivity contribution >= 4 is 46.2 Å². The summed E-state index contributed by atoms with van der Waals surface area (Å²) >= 11 is 6.10. The Morgan fingerprint density at radius 2 is 1.71 bits per heavy atom. The number of benzene rings is 1. The van der Waals surface area contributed by atoms with E-state index < -0.39 is 11.9 Å². The second-order valence-corrected chi connectivity index (χ2v) is 6.98. The van der Waals surface area contributed by atoms with Gasteiger partial charge >= 0.3 is 11.9 Å². The van der Waals surface area contributed by atoms with Crippen LogP contribution in [0.15, 0.2) is 24.5 Å². The van der Waals surface area contributed by atoms with E-state index in [0.29, 0.717) is 17.2 Å². The number of anilines is 2. The molecule has 0 bridgehead atoms. The molecular weight excluding hydrogens is 386 g/mol. The van der Waals surface area contributed by atoms with Crippen LogP contribution in [0.3, 0.4) is 0 Å². The zero-order valence-electron chi connectivity index (χ0n) is 14.6. The van der Waals surface area contributed by atoms with Gasteiger partial charge in [0.1, 0.15) is 0 Å². The third-order valence-corrected chi connectivity index (χ3v) is 4.97. The van der Waals surface area contributed by atoms with E-state index in [2.05, 4.69) is 20.3 Å². The Morgan fingerprint density at radius 3 is 2.32 bits per heavy atom. The second kappa shape index (κ2) is 7.08. The van der Waals surface area contributed by atoms with Crippen LogP contribution >= 0.6 is 11.6 Å². The summed E-state index contributed by atoms with van der Waals surface area (Å²) < 4.78 is 1.98. The van der Waals surface area contributed by atoms with Crippen molar-refractivity contribution in [1.29, 1.82) is 0 Å². The van der Waals surface area contributed by atoms with Gasteiger partial charge in [-0.25, -0.2) is 14.6 Å². The summed E-state index contributed by atoms with van der Waals surface area (Å²) in [6.45, 7) is 0. The first-order chi connectivity index (χ1) is 13.4. The van der Waals surface area contributed by atoms with E-state index >= 15 is 0 Å². The molecule has 0 spiro atoms. The second-order valence-electron chi connectivity index (χ2n) is 6.64. The van der Waals surface area contributed by atoms with E-state index in [4.69, 9.17) is 11.6 Å². The highest BCUT2D eigenvalue weighted by Gasteiger charge is 2.22. The first-order valence-corrected chi connectivity index (χ1v) is 9.09. The van der Waals surface area contributed by atoms with Crippen molar-refractivity contribution in [3.05, 3.63) is 40.9 Å². The number of aromatic carboxylic acids is 2. The Hall–Kier alpha value is -3.20. The SMILES string of the molecule is O=C(O)c1cc(Nc2nc(Cl)nc3c2ncn3C2CCCC2)cc(C(=O)O)c1. The quantitative estimate of drug-likeness (QED) is 0.551. The fourth-order valence-electron chi connectivity index (χ4n) is 3.51. The highest BCUT2D eigenvalue weighted by Crippen LogP contribution is 2.33. The fraction of sp³-hybridized carbons (Fsp3) is 0.278. The highest BCUT2D eigenvalue weighted by atomic mass is 35.5. The number of imidazole rings is 1. The number of hydrogen-bond donors (Lipinski definition) is 3. The Kier molecular flexibility index (Phi) is 4.60. The van der Waals surface area contributed by atoms with E-state index in [1.54, 1.807) is 6.33 Å². The lowest BCUT2D eigenvalue weighted by atomic mass is 10.1. The van der Waals surface area contributed by atoms with Gasteiger partial charge in [-0.3, -0.25) is 0 Å². The maximum absolute atomic E-state index is 11.3. The van der Waals surface area contributed by atoms with Gasteiger partial charge < -0.3 is 20.1 Å². The van der Waals surface area contributed by atoms with E-state index in [0.717, 1.165) is 31.7 Å². The minimum absolute atomic E-state index is 0.0163. The molecule has 0 amide bonds. The van der Waals surface area contributed by atoms with E-state index in [-0.39, 0.29) is 27.9 Å². The normalized spacial score (nSPS) is 14.5. The van der Waals surface area contributed by atoms with Gasteiger partial charge in [0.25, 0.3) is 0 Å². The van der Waals surface area contributed by atoms with Crippen molar-refractivity contribution < 1.29 is 19.8 Å². The molecule has 10 heteroatoms. The number of carboxylic acid groups (broad SMARTS) is 2. The summed E-state index contributed by atoms with van der Waals surface area (Å²) in [5.74, 6) is -2.18. The van der Waals surface area contributed by atoms with Gasteiger partial charge in [0.2, 0.25) is 5.28 Å². The molecule has 1 aliphatic carbocycles. The summed E-state index contributed by atoms with van der Waals surface area (Å²) in [6, 6.07) is 4.04. The molecule has 1 fully saturated rings. The van der Waals surface area contributed by atoms with Crippen molar-refractivity contribution in [3.63, 3.8) is 0 Å². The van der Waals surface area contributed by atoms with Gasteiger partial charge in [0.05, 0.1) is 17.5 Å². The molecule has 2 aromatic heterocycles. The van der Waals surface area contributed by atoms with Crippen molar-refractivity contribution in [1.82, 2.24) is 19.5 Å². The van der Waals surface area contributed by atoms with Crippen molar-refractivity contribution in [2.24, 2.45) is 0 Å². The number of halogens is 1. The predicted octanol–water partition coefficient (Wildman–Crippen LogP) is 3.73. The van der Waals surface area contributed by atoms with Gasteiger partial charge in [0.15, 0.2) is 17.0 Å². The minimum Gasteiger partial charge on any atom is -0.478 e. The number of nitrogens with one attached hydrogen (secondary N) is 1. The van der Waals surface area contributed by atoms with Crippen molar-refractivity contribution in [3.8, 4) is 0 Å². The van der Waals surface area contributed by atoms with Crippen LogP contribution in [-0.2, 0) is 0 Å². The van der Waals surface area contributed by atoms with E-state index in [1.165, 1.54) is 12.1 Å². The molecule has 0 radical (unpaired) electrons. The monoisotopic (exact) mass is 401 g/mol. The Morgan fingerprint density at radius 1 is 1.07 bits per heavy atom. The van der Waals surface area contributed by atoms with Crippen LogP contribution in [0.25, 0.3) is 11.2 Å². The summed E-state index contributed by atoms with van der Waals surface area (Å²) in [7, 11) is 0. The summed E-state index contributed by atoms with van der Waals surface area (Å²) in [6.07, 6.45) is 6.08. The molecule has 2 heterocycles. The Bertz CT molecular complexity index is 1060. The average molecular weight is 402 g/mol. The summed E-state index contributed by atoms with van der Waals surface area (Å²) in [4.78, 5) is 35.5. The van der Waals surface area contributed by atoms with E-state index in [9.17, 15) is 19.8 Å². The zero-order valence-corrected chi connectivity index (χ0v) is 15.3. The van der Waals surface area contributed by atoms with Crippen molar-refractivity contribution in [2.75, 3.05) is 5.32 Å². The molecule has 0 aliphatic heterocycles. The van der Waals surface area contributed by atoms with Gasteiger partial charge in [-0.2, -0.15) is 9.97 Å². The van der Waals surface area contributed by atoms with Crippen LogP contribution in [0.2, 0.25) is 5.28 Å². The zero-order chi connectivity index (χ0) is 19.8. The number of fused-ring (bicyclic) bond motifs is 1. The van der Waals surface area contributed by atoms with E-state index in [1.807, 2.05) is 4.57 Å². The van der Waals surface area contributed by atoms with Crippen LogP contribution < -0.4 is 5.32 Å². The number of carboxylic acids is 2. The topological polar surface area (TPSA) is 130 Å². The first-order valence-electron chi connectivity index (χ1n) is 8.71. The minimum atomic E-state index is -1.23. The van der Waals surface area contributed by atoms with Crippen LogP contribution in [0, 0.1) is 0 Å². The lowest BCUT2D eigenvalue weighted by Gasteiger charge is -2.12. The molecule has 144 valence electrons. The molecule has 0 atom stereocenters. The first kappa shape index (κ1) is 18.2. The fourth-order valence-corrected chi connectivity index (χ4v) is 3.67. The predicted molar refractivity (Wildman–Crippen MR) is 101 cm³/mol. The van der Waals surface area contributed by atoms with Crippen molar-refractivity contribution in [2.45, 2.75) is 31.7 Å². The Balaban J connectivity index is 1.78. The maximum atomic E-state index is 11.3. The van der Waals surface area contributed by atoms with Gasteiger partial charge in [-0.1, -0.05) is 12.8 Å². The van der Waals surface area contributed by atoms with Crippen LogP contribution in [0.4, 0.5) is 11.5 Å². The smallest absolute Gasteiger partial charge is 0.335 e. The van der Waals surface area contributed by atoms with Gasteiger partial charge in [-0.15, -0.1) is 0 Å². The number of aromatic nitrogens is 4. The molecule has 3 aromatic rings. The number of nitrogens with zero attached hydrogens (tertiary/aromatic N) is 4. The summed E-state index contributed by atoms with van der Waals surface area (Å²) in [5, 5.41) is 21.4. The number of rotatable bonds is 5. The maximum Gasteiger partial charge on any atom is 0.335 e. The lowest BCUT2D eigenvalue weighted by molar-refractivity contribution is 0.0696. The molecular formula is C18H16ClN5O4. The third kappa shape index (κ3) is 3.36. The number of hydrogen-bond acceptors (Lipinski definition) is 6. The molecule has 3 N–H and O–H groups in total. The highest BCUT2D eigenvalue weighted by molar-refractivity contribution is 6.28. The molecule has 1 aromatic carbocycles. The van der Waals surface area contributed by atoms with Crippen LogP contribution in [0.5, 0.6) is 0 Å². The molecule has 9 nitrogen and oxygen atoms in total. The molecule has 1 saturated carbocycles. The van der Waals surface area contributed by atoms with Gasteiger partial charge in [-0.05, 0) is 42.6 Å². The Labute approximate surface area is 164 Å². The lowest BCUT2D eigenvalue weighted by Crippen LogP contribution is -2.06. The van der Waals surface area contributed by atoms with Crippen LogP contribution in [-0.4, -0.2) is 41.7 Å². The molecule has 28 heavy (non-hydrogen) atoms. The summed E-state index contributed by atoms with van der Waals surface area (Å²) in [5.41, 5.74) is 1.01. The van der Waals surface area contributed by atoms with Crippen LogP contribution in [0.1, 0.15) is 52.4 Å².